The molecule has 0 bridgehead atoms. The average molecular weight is 541 g/mol. The van der Waals surface area contributed by atoms with Crippen molar-refractivity contribution in [2.75, 3.05) is 36.0 Å². The van der Waals surface area contributed by atoms with E-state index in [0.717, 1.165) is 65.7 Å². The quantitative estimate of drug-likeness (QED) is 0.329. The molecule has 1 atom stereocenters. The molecule has 1 spiro atoms. The molecule has 3 heterocycles. The van der Waals surface area contributed by atoms with Gasteiger partial charge in [0.1, 0.15) is 11.5 Å². The Morgan fingerprint density at radius 1 is 0.854 bits per heavy atom. The van der Waals surface area contributed by atoms with Crippen molar-refractivity contribution in [3.05, 3.63) is 131 Å². The van der Waals surface area contributed by atoms with Crippen molar-refractivity contribution >= 4 is 17.3 Å². The van der Waals surface area contributed by atoms with Gasteiger partial charge >= 0.3 is 5.97 Å². The van der Waals surface area contributed by atoms with E-state index in [1.54, 1.807) is 0 Å². The number of hydrogen-bond acceptors (Lipinski definition) is 5. The fourth-order valence-electron chi connectivity index (χ4n) is 7.45. The lowest BCUT2D eigenvalue weighted by Gasteiger charge is -2.43. The lowest BCUT2D eigenvalue weighted by atomic mass is 9.72. The molecule has 5 aliphatic rings. The van der Waals surface area contributed by atoms with E-state index in [9.17, 15) is 4.79 Å². The summed E-state index contributed by atoms with van der Waals surface area (Å²) in [6, 6.07) is 20.4. The van der Waals surface area contributed by atoms with Crippen molar-refractivity contribution in [3.8, 4) is 11.5 Å². The Morgan fingerprint density at radius 2 is 1.61 bits per heavy atom. The van der Waals surface area contributed by atoms with Gasteiger partial charge in [0.25, 0.3) is 0 Å². The number of ether oxygens (including phenoxy) is 2. The lowest BCUT2D eigenvalue weighted by molar-refractivity contribution is 0.0224. The molecule has 5 nitrogen and oxygen atoms in total. The molecule has 0 aromatic heterocycles. The van der Waals surface area contributed by atoms with Crippen LogP contribution in [-0.4, -0.2) is 32.1 Å². The predicted molar refractivity (Wildman–Crippen MR) is 162 cm³/mol. The first kappa shape index (κ1) is 24.3. The summed E-state index contributed by atoms with van der Waals surface area (Å²) in [5, 5.41) is 0. The van der Waals surface area contributed by atoms with Gasteiger partial charge in [-0.2, -0.15) is 0 Å². The molecule has 1 unspecified atom stereocenters. The standard InChI is InChI=1S/C36H32N2O3/c1-3-37(4-2)27-15-17-30-33(20-27)40-32-18-16-26(19-31(32)36(30)29-14-6-5-13-28(29)35(39)41-36)38-21-24-11-7-9-23-10-8-12-25(22-38)34(23)24/h5-20,23,34H,3-4,21-22H2,1-2H3. The maximum Gasteiger partial charge on any atom is 0.340 e. The van der Waals surface area contributed by atoms with Crippen LogP contribution in [0.25, 0.3) is 0 Å². The van der Waals surface area contributed by atoms with Crippen LogP contribution in [0.1, 0.15) is 40.9 Å². The zero-order valence-corrected chi connectivity index (χ0v) is 23.3. The van der Waals surface area contributed by atoms with Gasteiger partial charge in [-0.1, -0.05) is 54.7 Å². The van der Waals surface area contributed by atoms with Gasteiger partial charge in [0, 0.05) is 72.1 Å². The summed E-state index contributed by atoms with van der Waals surface area (Å²) in [6.45, 7) is 7.83. The smallest absolute Gasteiger partial charge is 0.340 e. The summed E-state index contributed by atoms with van der Waals surface area (Å²) in [7, 11) is 0. The highest BCUT2D eigenvalue weighted by Gasteiger charge is 2.53. The van der Waals surface area contributed by atoms with Crippen molar-refractivity contribution in [2.45, 2.75) is 19.4 Å². The highest BCUT2D eigenvalue weighted by atomic mass is 16.6. The number of piperidine rings is 1. The summed E-state index contributed by atoms with van der Waals surface area (Å²) in [6.07, 6.45) is 13.6. The maximum atomic E-state index is 13.4. The normalized spacial score (nSPS) is 24.4. The molecule has 1 fully saturated rings. The fraction of sp³-hybridized carbons (Fsp3) is 0.250. The number of allylic oxidation sites excluding steroid dienone is 6. The van der Waals surface area contributed by atoms with E-state index >= 15 is 0 Å². The number of benzene rings is 3. The van der Waals surface area contributed by atoms with E-state index in [0.29, 0.717) is 17.4 Å². The van der Waals surface area contributed by atoms with Crippen molar-refractivity contribution in [2.24, 2.45) is 11.8 Å². The largest absolute Gasteiger partial charge is 0.456 e. The monoisotopic (exact) mass is 540 g/mol. The molecule has 0 amide bonds. The van der Waals surface area contributed by atoms with Crippen LogP contribution in [0, 0.1) is 11.8 Å². The van der Waals surface area contributed by atoms with Crippen molar-refractivity contribution < 1.29 is 14.3 Å². The van der Waals surface area contributed by atoms with Crippen LogP contribution in [0.5, 0.6) is 11.5 Å². The average Bonchev–Trinajstić information content (AvgIpc) is 3.30. The van der Waals surface area contributed by atoms with Crippen molar-refractivity contribution in [3.63, 3.8) is 0 Å². The number of carbonyl (C=O) groups excluding carboxylic acids is 1. The zero-order chi connectivity index (χ0) is 27.7. The topological polar surface area (TPSA) is 42.0 Å². The molecule has 3 aromatic carbocycles. The molecule has 204 valence electrons. The minimum absolute atomic E-state index is 0.303. The fourth-order valence-corrected chi connectivity index (χ4v) is 7.45. The first-order valence-electron chi connectivity index (χ1n) is 14.6. The second kappa shape index (κ2) is 9.00. The number of hydrogen-bond donors (Lipinski definition) is 0. The van der Waals surface area contributed by atoms with E-state index in [1.807, 2.05) is 30.3 Å². The van der Waals surface area contributed by atoms with Gasteiger partial charge in [0.05, 0.1) is 5.56 Å². The van der Waals surface area contributed by atoms with Crippen molar-refractivity contribution in [1.29, 1.82) is 0 Å². The minimum Gasteiger partial charge on any atom is -0.456 e. The van der Waals surface area contributed by atoms with Crippen LogP contribution in [0.2, 0.25) is 0 Å². The number of rotatable bonds is 4. The SMILES string of the molecule is CCN(CC)c1ccc2c(c1)Oc1ccc(N3CC4=CC=CC5C=CC=C(C3)C45)cc1C21OC(=O)c2ccccc21. The Labute approximate surface area is 240 Å². The van der Waals surface area contributed by atoms with Crippen LogP contribution >= 0.6 is 0 Å². The van der Waals surface area contributed by atoms with E-state index in [-0.39, 0.29) is 5.97 Å². The van der Waals surface area contributed by atoms with Gasteiger partial charge in [-0.05, 0) is 61.4 Å². The van der Waals surface area contributed by atoms with E-state index in [1.165, 1.54) is 11.1 Å². The Balaban J connectivity index is 1.28. The van der Waals surface area contributed by atoms with Gasteiger partial charge in [-0.3, -0.25) is 0 Å². The van der Waals surface area contributed by atoms with Crippen LogP contribution in [0.3, 0.4) is 0 Å². The second-order valence-corrected chi connectivity index (χ2v) is 11.4. The minimum atomic E-state index is -1.07. The third kappa shape index (κ3) is 3.45. The molecule has 5 heteroatoms. The Morgan fingerprint density at radius 3 is 2.37 bits per heavy atom. The van der Waals surface area contributed by atoms with E-state index in [4.69, 9.17) is 9.47 Å². The lowest BCUT2D eigenvalue weighted by Crippen LogP contribution is -2.41. The molecule has 0 radical (unpaired) electrons. The number of anilines is 2. The summed E-state index contributed by atoms with van der Waals surface area (Å²) < 4.78 is 13.1. The molecule has 41 heavy (non-hydrogen) atoms. The molecule has 0 N–H and O–H groups in total. The molecular weight excluding hydrogens is 508 g/mol. The van der Waals surface area contributed by atoms with E-state index < -0.39 is 5.60 Å². The second-order valence-electron chi connectivity index (χ2n) is 11.4. The molecule has 3 aliphatic heterocycles. The first-order chi connectivity index (χ1) is 20.1. The van der Waals surface area contributed by atoms with Gasteiger partial charge in [0.15, 0.2) is 5.60 Å². The predicted octanol–water partition coefficient (Wildman–Crippen LogP) is 7.15. The Kier molecular flexibility index (Phi) is 5.33. The van der Waals surface area contributed by atoms with Gasteiger partial charge in [-0.15, -0.1) is 0 Å². The summed E-state index contributed by atoms with van der Waals surface area (Å²) in [5.74, 6) is 2.05. The summed E-state index contributed by atoms with van der Waals surface area (Å²) in [4.78, 5) is 18.1. The molecule has 8 rings (SSSR count). The Hall–Kier alpha value is -4.51. The van der Waals surface area contributed by atoms with Crippen LogP contribution in [-0.2, 0) is 10.3 Å². The first-order valence-corrected chi connectivity index (χ1v) is 14.6. The van der Waals surface area contributed by atoms with Gasteiger partial charge in [0.2, 0.25) is 0 Å². The zero-order valence-electron chi connectivity index (χ0n) is 23.3. The molecular formula is C36H32N2O3. The van der Waals surface area contributed by atoms with Gasteiger partial charge < -0.3 is 19.3 Å². The number of fused-ring (bicyclic) bond motifs is 6. The third-order valence-electron chi connectivity index (χ3n) is 9.39. The van der Waals surface area contributed by atoms with Gasteiger partial charge in [-0.25, -0.2) is 4.79 Å². The number of esters is 1. The summed E-state index contributed by atoms with van der Waals surface area (Å²) >= 11 is 0. The van der Waals surface area contributed by atoms with Crippen LogP contribution in [0.15, 0.2) is 108 Å². The highest BCUT2D eigenvalue weighted by molar-refractivity contribution is 5.97. The number of nitrogens with zero attached hydrogens (tertiary/aromatic N) is 2. The van der Waals surface area contributed by atoms with E-state index in [2.05, 4.69) is 90.4 Å². The van der Waals surface area contributed by atoms with Crippen LogP contribution < -0.4 is 14.5 Å². The maximum absolute atomic E-state index is 13.4. The molecule has 0 saturated carbocycles. The Bertz CT molecular complexity index is 1690. The third-order valence-corrected chi connectivity index (χ3v) is 9.39. The van der Waals surface area contributed by atoms with Crippen LogP contribution in [0.4, 0.5) is 11.4 Å². The molecule has 3 aromatic rings. The summed E-state index contributed by atoms with van der Waals surface area (Å²) in [5.41, 5.74) is 7.19. The number of carbonyl (C=O) groups is 1. The highest BCUT2D eigenvalue weighted by Crippen LogP contribution is 2.57. The molecule has 2 aliphatic carbocycles. The van der Waals surface area contributed by atoms with Crippen molar-refractivity contribution in [1.82, 2.24) is 0 Å². The molecule has 1 saturated heterocycles.